The molecule has 6 nitrogen and oxygen atoms in total. The molecule has 0 saturated heterocycles. The van der Waals surface area contributed by atoms with Crippen LogP contribution in [0.5, 0.6) is 5.75 Å². The average molecular weight is 210 g/mol. The second kappa shape index (κ2) is 4.41. The van der Waals surface area contributed by atoms with Gasteiger partial charge in [0.05, 0.1) is 11.0 Å². The Kier molecular flexibility index (Phi) is 3.22. The number of carbonyl (C=O) groups is 1. The van der Waals surface area contributed by atoms with E-state index in [0.29, 0.717) is 0 Å². The zero-order valence-electron chi connectivity index (χ0n) is 8.34. The molecular formula is C9H10N2O4. The Labute approximate surface area is 86.2 Å². The molecule has 0 spiro atoms. The Morgan fingerprint density at radius 1 is 1.47 bits per heavy atom. The molecule has 0 unspecified atom stereocenters. The zero-order chi connectivity index (χ0) is 11.4. The molecule has 0 atom stereocenters. The molecule has 1 aromatic rings. The number of hydrogen-bond acceptors (Lipinski definition) is 4. The molecule has 80 valence electrons. The van der Waals surface area contributed by atoms with Crippen LogP contribution < -0.4 is 4.74 Å². The van der Waals surface area contributed by atoms with E-state index in [-0.39, 0.29) is 11.4 Å². The van der Waals surface area contributed by atoms with Crippen molar-refractivity contribution in [1.29, 1.82) is 0 Å². The summed E-state index contributed by atoms with van der Waals surface area (Å²) in [5, 5.41) is 10.4. The second-order valence-electron chi connectivity index (χ2n) is 3.02. The first-order chi connectivity index (χ1) is 7.00. The number of benzene rings is 1. The number of amides is 1. The summed E-state index contributed by atoms with van der Waals surface area (Å²) < 4.78 is 4.85. The molecule has 1 amide bonds. The highest BCUT2D eigenvalue weighted by atomic mass is 16.6. The fraction of sp³-hybridized carbons (Fsp3) is 0.222. The van der Waals surface area contributed by atoms with Crippen molar-refractivity contribution in [3.8, 4) is 5.75 Å². The van der Waals surface area contributed by atoms with E-state index >= 15 is 0 Å². The first kappa shape index (κ1) is 11.0. The van der Waals surface area contributed by atoms with Crippen molar-refractivity contribution in [2.24, 2.45) is 0 Å². The molecule has 6 heteroatoms. The average Bonchev–Trinajstić information content (AvgIpc) is 2.18. The monoisotopic (exact) mass is 210 g/mol. The number of non-ortho nitro benzene ring substituents is 1. The van der Waals surface area contributed by atoms with Crippen molar-refractivity contribution in [3.63, 3.8) is 0 Å². The van der Waals surface area contributed by atoms with E-state index < -0.39 is 11.0 Å². The number of nitro benzene ring substituents is 1. The van der Waals surface area contributed by atoms with Crippen LogP contribution in [0.4, 0.5) is 10.5 Å². The Morgan fingerprint density at radius 3 is 2.67 bits per heavy atom. The van der Waals surface area contributed by atoms with Gasteiger partial charge in [-0.2, -0.15) is 0 Å². The van der Waals surface area contributed by atoms with Gasteiger partial charge in [0.25, 0.3) is 5.69 Å². The van der Waals surface area contributed by atoms with Gasteiger partial charge < -0.3 is 9.64 Å². The maximum Gasteiger partial charge on any atom is 0.414 e. The van der Waals surface area contributed by atoms with Gasteiger partial charge in [0.15, 0.2) is 0 Å². The van der Waals surface area contributed by atoms with Gasteiger partial charge in [-0.05, 0) is 6.07 Å². The van der Waals surface area contributed by atoms with Crippen molar-refractivity contribution in [2.45, 2.75) is 0 Å². The lowest BCUT2D eigenvalue weighted by atomic mass is 10.3. The van der Waals surface area contributed by atoms with Crippen molar-refractivity contribution < 1.29 is 14.5 Å². The van der Waals surface area contributed by atoms with Gasteiger partial charge in [-0.15, -0.1) is 0 Å². The summed E-state index contributed by atoms with van der Waals surface area (Å²) in [7, 11) is 3.05. The largest absolute Gasteiger partial charge is 0.414 e. The summed E-state index contributed by atoms with van der Waals surface area (Å²) in [6.07, 6.45) is -0.574. The summed E-state index contributed by atoms with van der Waals surface area (Å²) in [6.45, 7) is 0. The van der Waals surface area contributed by atoms with Crippen LogP contribution >= 0.6 is 0 Å². The first-order valence-corrected chi connectivity index (χ1v) is 4.14. The Bertz CT molecular complexity index is 389. The maximum atomic E-state index is 11.1. The van der Waals surface area contributed by atoms with Crippen LogP contribution in [-0.4, -0.2) is 30.0 Å². The second-order valence-corrected chi connectivity index (χ2v) is 3.02. The van der Waals surface area contributed by atoms with Crippen molar-refractivity contribution in [2.75, 3.05) is 14.1 Å². The van der Waals surface area contributed by atoms with Crippen LogP contribution in [0, 0.1) is 10.1 Å². The molecule has 1 rings (SSSR count). The van der Waals surface area contributed by atoms with Crippen LogP contribution in [0.25, 0.3) is 0 Å². The molecule has 0 aliphatic carbocycles. The van der Waals surface area contributed by atoms with Crippen LogP contribution in [0.15, 0.2) is 24.3 Å². The van der Waals surface area contributed by atoms with Crippen molar-refractivity contribution in [3.05, 3.63) is 34.4 Å². The number of rotatable bonds is 2. The van der Waals surface area contributed by atoms with Crippen LogP contribution in [0.2, 0.25) is 0 Å². The predicted molar refractivity (Wildman–Crippen MR) is 52.8 cm³/mol. The van der Waals surface area contributed by atoms with E-state index in [1.165, 1.54) is 43.3 Å². The molecule has 0 N–H and O–H groups in total. The Hall–Kier alpha value is -2.11. The molecule has 0 aliphatic rings. The minimum atomic E-state index is -0.574. The molecule has 0 bridgehead atoms. The van der Waals surface area contributed by atoms with Gasteiger partial charge >= 0.3 is 6.09 Å². The fourth-order valence-corrected chi connectivity index (χ4v) is 0.853. The van der Waals surface area contributed by atoms with Crippen LogP contribution in [0.3, 0.4) is 0 Å². The van der Waals surface area contributed by atoms with Gasteiger partial charge in [0.1, 0.15) is 5.75 Å². The topological polar surface area (TPSA) is 72.7 Å². The summed E-state index contributed by atoms with van der Waals surface area (Å²) in [6, 6.07) is 5.46. The fourth-order valence-electron chi connectivity index (χ4n) is 0.853. The standard InChI is InChI=1S/C9H10N2O4/c1-10(2)9(12)15-8-5-3-4-7(6-8)11(13)14/h3-6H,1-2H3. The molecule has 0 radical (unpaired) electrons. The zero-order valence-corrected chi connectivity index (χ0v) is 8.34. The van der Waals surface area contributed by atoms with Gasteiger partial charge in [0, 0.05) is 20.2 Å². The number of nitrogens with zero attached hydrogens (tertiary/aromatic N) is 2. The number of ether oxygens (including phenoxy) is 1. The molecule has 0 heterocycles. The van der Waals surface area contributed by atoms with Gasteiger partial charge in [0.2, 0.25) is 0 Å². The van der Waals surface area contributed by atoms with E-state index in [4.69, 9.17) is 4.74 Å². The molecule has 0 fully saturated rings. The quantitative estimate of drug-likeness (QED) is 0.549. The highest BCUT2D eigenvalue weighted by Crippen LogP contribution is 2.19. The highest BCUT2D eigenvalue weighted by molar-refractivity contribution is 5.70. The molecule has 0 saturated carbocycles. The molecule has 0 aliphatic heterocycles. The van der Waals surface area contributed by atoms with E-state index in [0.717, 1.165) is 0 Å². The predicted octanol–water partition coefficient (Wildman–Crippen LogP) is 1.66. The van der Waals surface area contributed by atoms with Gasteiger partial charge in [-0.1, -0.05) is 6.07 Å². The molecule has 1 aromatic carbocycles. The lowest BCUT2D eigenvalue weighted by molar-refractivity contribution is -0.384. The maximum absolute atomic E-state index is 11.1. The SMILES string of the molecule is CN(C)C(=O)Oc1cccc([N+](=O)[O-])c1. The van der Waals surface area contributed by atoms with Crippen LogP contribution in [-0.2, 0) is 0 Å². The number of carbonyl (C=O) groups excluding carboxylic acids is 1. The van der Waals surface area contributed by atoms with E-state index in [1.807, 2.05) is 0 Å². The lowest BCUT2D eigenvalue weighted by Crippen LogP contribution is -2.25. The van der Waals surface area contributed by atoms with E-state index in [2.05, 4.69) is 0 Å². The number of nitro groups is 1. The third-order valence-corrected chi connectivity index (χ3v) is 1.60. The van der Waals surface area contributed by atoms with Gasteiger partial charge in [-0.25, -0.2) is 4.79 Å². The minimum absolute atomic E-state index is 0.112. The summed E-state index contributed by atoms with van der Waals surface area (Å²) >= 11 is 0. The Morgan fingerprint density at radius 2 is 2.13 bits per heavy atom. The molecular weight excluding hydrogens is 200 g/mol. The van der Waals surface area contributed by atoms with E-state index in [9.17, 15) is 14.9 Å². The third kappa shape index (κ3) is 2.94. The lowest BCUT2D eigenvalue weighted by Gasteiger charge is -2.09. The normalized spacial score (nSPS) is 9.47. The van der Waals surface area contributed by atoms with Gasteiger partial charge in [-0.3, -0.25) is 10.1 Å². The third-order valence-electron chi connectivity index (χ3n) is 1.60. The first-order valence-electron chi connectivity index (χ1n) is 4.14. The number of hydrogen-bond donors (Lipinski definition) is 0. The van der Waals surface area contributed by atoms with Crippen molar-refractivity contribution in [1.82, 2.24) is 4.90 Å². The summed E-state index contributed by atoms with van der Waals surface area (Å²) in [5.41, 5.74) is -0.112. The van der Waals surface area contributed by atoms with Crippen molar-refractivity contribution >= 4 is 11.8 Å². The smallest absolute Gasteiger partial charge is 0.410 e. The molecule has 15 heavy (non-hydrogen) atoms. The van der Waals surface area contributed by atoms with Crippen LogP contribution in [0.1, 0.15) is 0 Å². The Balaban J connectivity index is 2.83. The van der Waals surface area contributed by atoms with E-state index in [1.54, 1.807) is 0 Å². The summed E-state index contributed by atoms with van der Waals surface area (Å²) in [4.78, 5) is 22.2. The molecule has 0 aromatic heterocycles. The highest BCUT2D eigenvalue weighted by Gasteiger charge is 2.10. The summed E-state index contributed by atoms with van der Waals surface area (Å²) in [5.74, 6) is 0.155. The minimum Gasteiger partial charge on any atom is -0.410 e.